The normalized spacial score (nSPS) is 17.4. The first-order valence-electron chi connectivity index (χ1n) is 16.3. The van der Waals surface area contributed by atoms with Crippen LogP contribution in [0.15, 0.2) is 135 Å². The molecule has 0 saturated carbocycles. The van der Waals surface area contributed by atoms with Gasteiger partial charge in [-0.2, -0.15) is 0 Å². The van der Waals surface area contributed by atoms with E-state index in [1.807, 2.05) is 170 Å². The molecule has 50 heavy (non-hydrogen) atoms. The minimum atomic E-state index is -3.86. The van der Waals surface area contributed by atoms with Crippen molar-refractivity contribution in [1.29, 1.82) is 0 Å². The zero-order chi connectivity index (χ0) is 35.4. The van der Waals surface area contributed by atoms with E-state index in [0.717, 1.165) is 27.8 Å². The molecule has 12 heteroatoms. The Hall–Kier alpha value is -4.25. The number of nitrogens with zero attached hydrogens (tertiary/aromatic N) is 3. The lowest BCUT2D eigenvalue weighted by Gasteiger charge is -2.33. The van der Waals surface area contributed by atoms with Gasteiger partial charge < -0.3 is 22.6 Å². The van der Waals surface area contributed by atoms with Crippen LogP contribution in [0.1, 0.15) is 41.7 Å². The van der Waals surface area contributed by atoms with Gasteiger partial charge in [-0.3, -0.25) is 4.52 Å². The lowest BCUT2D eigenvalue weighted by atomic mass is 10.2. The maximum absolute atomic E-state index is 6.88. The summed E-state index contributed by atoms with van der Waals surface area (Å²) in [6.45, 7) is 13.8. The quantitative estimate of drug-likeness (QED) is 0.119. The highest BCUT2D eigenvalue weighted by atomic mass is 31.3. The van der Waals surface area contributed by atoms with Crippen LogP contribution in [0, 0.1) is 34.6 Å². The summed E-state index contributed by atoms with van der Waals surface area (Å²) in [5.41, 5.74) is 4.94. The highest BCUT2D eigenvalue weighted by molar-refractivity contribution is 7.79. The smallest absolute Gasteiger partial charge is 0.422 e. The Morgan fingerprint density at radius 3 is 0.880 bits per heavy atom. The molecule has 1 heterocycles. The van der Waals surface area contributed by atoms with Gasteiger partial charge in [-0.15, -0.1) is 9.03 Å². The van der Waals surface area contributed by atoms with Crippen LogP contribution in [-0.4, -0.2) is 6.10 Å². The van der Waals surface area contributed by atoms with E-state index in [1.54, 1.807) is 0 Å². The van der Waals surface area contributed by atoms with Gasteiger partial charge in [-0.25, -0.2) is 0 Å². The fourth-order valence-electron chi connectivity index (χ4n) is 5.09. The largest absolute Gasteiger partial charge is 0.460 e. The molecule has 1 aliphatic rings. The van der Waals surface area contributed by atoms with E-state index < -0.39 is 23.0 Å². The molecule has 0 N–H and O–H groups in total. The second-order valence-corrected chi connectivity index (χ2v) is 18.6. The average Bonchev–Trinajstić information content (AvgIpc) is 3.00. The van der Waals surface area contributed by atoms with Crippen molar-refractivity contribution in [2.24, 2.45) is 13.5 Å². The number of benzene rings is 5. The van der Waals surface area contributed by atoms with Gasteiger partial charge in [-0.1, -0.05) is 65.2 Å². The zero-order valence-electron chi connectivity index (χ0n) is 29.3. The van der Waals surface area contributed by atoms with Crippen LogP contribution in [0.2, 0.25) is 0 Å². The summed E-state index contributed by atoms with van der Waals surface area (Å²) in [5.74, 6) is 2.53. The van der Waals surface area contributed by atoms with E-state index in [9.17, 15) is 0 Å². The molecule has 260 valence electrons. The predicted molar refractivity (Wildman–Crippen MR) is 203 cm³/mol. The highest BCUT2D eigenvalue weighted by Gasteiger charge is 2.48. The molecule has 5 aromatic rings. The fraction of sp³-hybridized carbons (Fsp3) is 0.211. The Balaban J connectivity index is 1.71. The van der Waals surface area contributed by atoms with E-state index in [2.05, 4.69) is 0 Å². The molecule has 9 nitrogen and oxygen atoms in total. The molecule has 1 atom stereocenters. The van der Waals surface area contributed by atoms with Gasteiger partial charge in [0.15, 0.2) is 0 Å². The maximum atomic E-state index is 6.88. The molecule has 0 radical (unpaired) electrons. The predicted octanol–water partition coefficient (Wildman–Crippen LogP) is 13.2. The maximum Gasteiger partial charge on any atom is 0.460 e. The van der Waals surface area contributed by atoms with E-state index in [1.165, 1.54) is 0 Å². The summed E-state index contributed by atoms with van der Waals surface area (Å²) < 4.78 is 56.8. The monoisotopic (exact) mass is 729 g/mol. The van der Waals surface area contributed by atoms with E-state index >= 15 is 0 Å². The molecule has 0 spiro atoms. The Kier molecular flexibility index (Phi) is 10.6. The SMILES string of the molecule is Cc1cccc(OP2(Oc3cccc(C)c3)=NP(Oc3cccc(C)c3)(Oc3cccc(C)c3)=NP(Oc3cccc(C)c3)(OC(C)C)=N2)c1. The third kappa shape index (κ3) is 9.10. The molecule has 0 aliphatic carbocycles. The minimum absolute atomic E-state index is 0.376. The number of rotatable bonds is 12. The standard InChI is InChI=1S/C38H42N3O6P3/c1-28(2)42-48(43-34-18-8-13-29(3)23-34)39-49(44-35-19-9-14-30(4)24-35,45-36-20-10-15-31(5)25-36)41-50(40-48,46-37-21-11-16-32(6)26-37)47-38-22-12-17-33(7)27-38/h8-28H,1-7H3. The van der Waals surface area contributed by atoms with Crippen LogP contribution < -0.4 is 22.6 Å². The van der Waals surface area contributed by atoms with E-state index in [0.29, 0.717) is 28.7 Å². The van der Waals surface area contributed by atoms with Gasteiger partial charge in [0.25, 0.3) is 0 Å². The summed E-state index contributed by atoms with van der Waals surface area (Å²) in [6.07, 6.45) is -0.376. The zero-order valence-corrected chi connectivity index (χ0v) is 31.9. The molecular weight excluding hydrogens is 687 g/mol. The summed E-state index contributed by atoms with van der Waals surface area (Å²) in [5, 5.41) is 0. The Labute approximate surface area is 295 Å². The van der Waals surface area contributed by atoms with E-state index in [4.69, 9.17) is 40.7 Å². The van der Waals surface area contributed by atoms with Crippen molar-refractivity contribution in [2.75, 3.05) is 0 Å². The number of aryl methyl sites for hydroxylation is 5. The van der Waals surface area contributed by atoms with Crippen molar-refractivity contribution in [3.8, 4) is 28.7 Å². The summed E-state index contributed by atoms with van der Waals surface area (Å²) in [6, 6.07) is 38.3. The third-order valence-electron chi connectivity index (χ3n) is 7.10. The number of hydrogen-bond acceptors (Lipinski definition) is 9. The molecule has 1 aliphatic heterocycles. The van der Waals surface area contributed by atoms with Crippen molar-refractivity contribution in [2.45, 2.75) is 54.6 Å². The lowest BCUT2D eigenvalue weighted by molar-refractivity contribution is 0.236. The first-order chi connectivity index (χ1) is 23.9. The van der Waals surface area contributed by atoms with Gasteiger partial charge in [-0.05, 0) is 137 Å². The van der Waals surface area contributed by atoms with E-state index in [-0.39, 0.29) is 6.10 Å². The topological polar surface area (TPSA) is 92.5 Å². The molecule has 6 rings (SSSR count). The van der Waals surface area contributed by atoms with Crippen molar-refractivity contribution >= 4 is 23.0 Å². The molecule has 0 amide bonds. The lowest BCUT2D eigenvalue weighted by Crippen LogP contribution is -2.12. The number of hydrogen-bond donors (Lipinski definition) is 0. The van der Waals surface area contributed by atoms with Crippen LogP contribution >= 0.6 is 23.0 Å². The first kappa shape index (κ1) is 35.6. The second-order valence-electron chi connectivity index (χ2n) is 12.4. The van der Waals surface area contributed by atoms with Gasteiger partial charge in [0.05, 0.1) is 6.10 Å². The molecule has 0 aromatic heterocycles. The van der Waals surface area contributed by atoms with Crippen LogP contribution in [0.3, 0.4) is 0 Å². The Morgan fingerprint density at radius 2 is 0.620 bits per heavy atom. The molecular formula is C38H42N3O6P3. The molecule has 0 fully saturated rings. The third-order valence-corrected chi connectivity index (χ3v) is 15.5. The minimum Gasteiger partial charge on any atom is -0.422 e. The van der Waals surface area contributed by atoms with Crippen molar-refractivity contribution in [1.82, 2.24) is 0 Å². The second kappa shape index (κ2) is 14.9. The van der Waals surface area contributed by atoms with Crippen LogP contribution in [0.5, 0.6) is 28.7 Å². The Morgan fingerprint density at radius 1 is 0.380 bits per heavy atom. The van der Waals surface area contributed by atoms with Crippen molar-refractivity contribution in [3.05, 3.63) is 149 Å². The van der Waals surface area contributed by atoms with Gasteiger partial charge in [0.1, 0.15) is 28.7 Å². The molecule has 0 bridgehead atoms. The first-order valence-corrected chi connectivity index (χ1v) is 20.9. The van der Waals surface area contributed by atoms with Crippen LogP contribution in [0.25, 0.3) is 0 Å². The van der Waals surface area contributed by atoms with Crippen LogP contribution in [0.4, 0.5) is 0 Å². The average molecular weight is 730 g/mol. The summed E-state index contributed by atoms with van der Waals surface area (Å²) in [7, 11) is -11.5. The van der Waals surface area contributed by atoms with Gasteiger partial charge in [0, 0.05) is 0 Å². The van der Waals surface area contributed by atoms with Gasteiger partial charge >= 0.3 is 23.0 Å². The highest BCUT2D eigenvalue weighted by Crippen LogP contribution is 2.79. The molecule has 1 unspecified atom stereocenters. The fourth-order valence-corrected chi connectivity index (χ4v) is 14.3. The summed E-state index contributed by atoms with van der Waals surface area (Å²) in [4.78, 5) is 0. The Bertz CT molecular complexity index is 1980. The van der Waals surface area contributed by atoms with Gasteiger partial charge in [0.2, 0.25) is 0 Å². The summed E-state index contributed by atoms with van der Waals surface area (Å²) >= 11 is 0. The van der Waals surface area contributed by atoms with Crippen molar-refractivity contribution in [3.63, 3.8) is 0 Å². The molecule has 5 aromatic carbocycles. The van der Waals surface area contributed by atoms with Crippen LogP contribution in [-0.2, 0) is 4.52 Å². The van der Waals surface area contributed by atoms with Crippen molar-refractivity contribution < 1.29 is 27.1 Å². The molecule has 0 saturated heterocycles.